The highest BCUT2D eigenvalue weighted by atomic mass is 35.5. The van der Waals surface area contributed by atoms with Gasteiger partial charge in [-0.25, -0.2) is 4.98 Å². The molecule has 0 bridgehead atoms. The van der Waals surface area contributed by atoms with Crippen molar-refractivity contribution >= 4 is 23.4 Å². The van der Waals surface area contributed by atoms with Gasteiger partial charge in [0.15, 0.2) is 0 Å². The van der Waals surface area contributed by atoms with Gasteiger partial charge in [0.2, 0.25) is 0 Å². The van der Waals surface area contributed by atoms with E-state index in [0.29, 0.717) is 5.22 Å². The fourth-order valence-corrected chi connectivity index (χ4v) is 2.54. The van der Waals surface area contributed by atoms with Crippen LogP contribution in [0.25, 0.3) is 0 Å². The molecule has 0 saturated heterocycles. The number of hydrogen-bond donors (Lipinski definition) is 1. The Bertz CT molecular complexity index is 488. The fraction of sp³-hybridized carbons (Fsp3) is 0.308. The lowest BCUT2D eigenvalue weighted by atomic mass is 10.2. The topological polar surface area (TPSA) is 38.1 Å². The second-order valence-electron chi connectivity index (χ2n) is 3.83. The molecule has 5 heteroatoms. The van der Waals surface area contributed by atoms with Crippen molar-refractivity contribution in [3.8, 4) is 0 Å². The number of nitrogens with one attached hydrogen (secondary N) is 1. The Morgan fingerprint density at radius 2 is 2.33 bits per heavy atom. The van der Waals surface area contributed by atoms with E-state index in [4.69, 9.17) is 16.0 Å². The molecule has 2 rings (SSSR count). The molecule has 0 unspecified atom stereocenters. The van der Waals surface area contributed by atoms with Crippen molar-refractivity contribution in [3.05, 3.63) is 41.2 Å². The predicted octanol–water partition coefficient (Wildman–Crippen LogP) is 3.98. The zero-order valence-electron chi connectivity index (χ0n) is 10.1. The molecule has 0 fully saturated rings. The summed E-state index contributed by atoms with van der Waals surface area (Å²) < 4.78 is 5.18. The summed E-state index contributed by atoms with van der Waals surface area (Å²) >= 11 is 7.71. The molecule has 1 aromatic carbocycles. The Morgan fingerprint density at radius 3 is 3.00 bits per heavy atom. The van der Waals surface area contributed by atoms with E-state index < -0.39 is 0 Å². The minimum atomic E-state index is 0.628. The van der Waals surface area contributed by atoms with E-state index in [-0.39, 0.29) is 0 Å². The van der Waals surface area contributed by atoms with E-state index in [1.54, 1.807) is 12.5 Å². The third-order valence-corrected chi connectivity index (χ3v) is 3.60. The normalized spacial score (nSPS) is 10.8. The van der Waals surface area contributed by atoms with Crippen molar-refractivity contribution in [2.24, 2.45) is 0 Å². The monoisotopic (exact) mass is 282 g/mol. The minimum Gasteiger partial charge on any atom is -0.440 e. The molecule has 1 aromatic heterocycles. The molecule has 0 aliphatic heterocycles. The van der Waals surface area contributed by atoms with Crippen LogP contribution >= 0.6 is 23.4 Å². The SMILES string of the molecule is CCCNCc1ccc(Sc2ncco2)cc1Cl. The second kappa shape index (κ2) is 6.83. The number of halogens is 1. The smallest absolute Gasteiger partial charge is 0.260 e. The molecule has 2 aromatic rings. The summed E-state index contributed by atoms with van der Waals surface area (Å²) in [6.45, 7) is 3.95. The maximum Gasteiger partial charge on any atom is 0.260 e. The zero-order chi connectivity index (χ0) is 12.8. The van der Waals surface area contributed by atoms with Gasteiger partial charge in [-0.15, -0.1) is 0 Å². The van der Waals surface area contributed by atoms with Crippen LogP contribution in [0.2, 0.25) is 5.02 Å². The maximum absolute atomic E-state index is 6.24. The molecular weight excluding hydrogens is 268 g/mol. The van der Waals surface area contributed by atoms with Crippen LogP contribution < -0.4 is 5.32 Å². The van der Waals surface area contributed by atoms with Crippen molar-refractivity contribution in [2.75, 3.05) is 6.54 Å². The number of hydrogen-bond acceptors (Lipinski definition) is 4. The van der Waals surface area contributed by atoms with Gasteiger partial charge in [-0.1, -0.05) is 24.6 Å². The first-order chi connectivity index (χ1) is 8.79. The standard InChI is InChI=1S/C13H15ClN2OS/c1-2-5-15-9-10-3-4-11(8-12(10)14)18-13-16-6-7-17-13/h3-4,6-8,15H,2,5,9H2,1H3. The third kappa shape index (κ3) is 3.77. The molecule has 0 amide bonds. The molecule has 3 nitrogen and oxygen atoms in total. The average Bonchev–Trinajstić information content (AvgIpc) is 2.85. The minimum absolute atomic E-state index is 0.628. The first-order valence-corrected chi connectivity index (χ1v) is 7.05. The van der Waals surface area contributed by atoms with Gasteiger partial charge in [-0.2, -0.15) is 0 Å². The van der Waals surface area contributed by atoms with Gasteiger partial charge in [0.25, 0.3) is 5.22 Å². The molecule has 0 radical (unpaired) electrons. The van der Waals surface area contributed by atoms with E-state index in [0.717, 1.165) is 35.0 Å². The van der Waals surface area contributed by atoms with E-state index in [1.165, 1.54) is 11.8 Å². The van der Waals surface area contributed by atoms with Gasteiger partial charge >= 0.3 is 0 Å². The van der Waals surface area contributed by atoms with Crippen molar-refractivity contribution < 1.29 is 4.42 Å². The Morgan fingerprint density at radius 1 is 1.44 bits per heavy atom. The molecule has 1 N–H and O–H groups in total. The molecule has 1 heterocycles. The Kier molecular flexibility index (Phi) is 5.11. The largest absolute Gasteiger partial charge is 0.440 e. The van der Waals surface area contributed by atoms with E-state index in [2.05, 4.69) is 17.2 Å². The van der Waals surface area contributed by atoms with E-state index >= 15 is 0 Å². The number of nitrogens with zero attached hydrogens (tertiary/aromatic N) is 1. The summed E-state index contributed by atoms with van der Waals surface area (Å²) in [5.41, 5.74) is 1.11. The van der Waals surface area contributed by atoms with Crippen LogP contribution in [0, 0.1) is 0 Å². The molecule has 0 aliphatic rings. The summed E-state index contributed by atoms with van der Waals surface area (Å²) in [5.74, 6) is 0. The molecule has 0 spiro atoms. The lowest BCUT2D eigenvalue weighted by Crippen LogP contribution is -2.13. The van der Waals surface area contributed by atoms with Gasteiger partial charge in [0.05, 0.1) is 6.20 Å². The quantitative estimate of drug-likeness (QED) is 0.814. The predicted molar refractivity (Wildman–Crippen MR) is 74.1 cm³/mol. The van der Waals surface area contributed by atoms with Gasteiger partial charge in [0, 0.05) is 16.5 Å². The van der Waals surface area contributed by atoms with Gasteiger partial charge in [-0.3, -0.25) is 0 Å². The van der Waals surface area contributed by atoms with Crippen molar-refractivity contribution in [3.63, 3.8) is 0 Å². The number of rotatable bonds is 6. The van der Waals surface area contributed by atoms with Crippen LogP contribution in [0.1, 0.15) is 18.9 Å². The summed E-state index contributed by atoms with van der Waals surface area (Å²) in [6, 6.07) is 6.01. The number of oxazole rings is 1. The number of benzene rings is 1. The first kappa shape index (κ1) is 13.5. The lowest BCUT2D eigenvalue weighted by molar-refractivity contribution is 0.454. The highest BCUT2D eigenvalue weighted by Gasteiger charge is 2.05. The highest BCUT2D eigenvalue weighted by Crippen LogP contribution is 2.29. The molecule has 0 saturated carbocycles. The lowest BCUT2D eigenvalue weighted by Gasteiger charge is -2.07. The van der Waals surface area contributed by atoms with Crippen LogP contribution in [0.5, 0.6) is 0 Å². The summed E-state index contributed by atoms with van der Waals surface area (Å²) in [6.07, 6.45) is 4.32. The van der Waals surface area contributed by atoms with Crippen LogP contribution in [0.3, 0.4) is 0 Å². The molecule has 0 aliphatic carbocycles. The van der Waals surface area contributed by atoms with Crippen LogP contribution in [0.4, 0.5) is 0 Å². The molecule has 18 heavy (non-hydrogen) atoms. The van der Waals surface area contributed by atoms with E-state index in [9.17, 15) is 0 Å². The fourth-order valence-electron chi connectivity index (χ4n) is 1.50. The molecule has 0 atom stereocenters. The van der Waals surface area contributed by atoms with Crippen LogP contribution in [-0.2, 0) is 6.54 Å². The Balaban J connectivity index is 2.00. The Hall–Kier alpha value is -0.970. The van der Waals surface area contributed by atoms with Crippen molar-refractivity contribution in [2.45, 2.75) is 30.0 Å². The summed E-state index contributed by atoms with van der Waals surface area (Å²) in [7, 11) is 0. The van der Waals surface area contributed by atoms with Gasteiger partial charge < -0.3 is 9.73 Å². The van der Waals surface area contributed by atoms with Crippen molar-refractivity contribution in [1.82, 2.24) is 10.3 Å². The van der Waals surface area contributed by atoms with Crippen molar-refractivity contribution in [1.29, 1.82) is 0 Å². The second-order valence-corrected chi connectivity index (χ2v) is 5.26. The summed E-state index contributed by atoms with van der Waals surface area (Å²) in [4.78, 5) is 5.09. The van der Waals surface area contributed by atoms with E-state index in [1.807, 2.05) is 18.2 Å². The molecular formula is C13H15ClN2OS. The third-order valence-electron chi connectivity index (χ3n) is 2.38. The summed E-state index contributed by atoms with van der Waals surface area (Å²) in [5, 5.41) is 4.74. The van der Waals surface area contributed by atoms with Gasteiger partial charge in [-0.05, 0) is 42.4 Å². The van der Waals surface area contributed by atoms with Crippen LogP contribution in [-0.4, -0.2) is 11.5 Å². The highest BCUT2D eigenvalue weighted by molar-refractivity contribution is 7.99. The zero-order valence-corrected chi connectivity index (χ0v) is 11.7. The average molecular weight is 283 g/mol. The van der Waals surface area contributed by atoms with Gasteiger partial charge in [0.1, 0.15) is 6.26 Å². The van der Waals surface area contributed by atoms with Crippen LogP contribution in [0.15, 0.2) is 45.2 Å². The maximum atomic E-state index is 6.24. The Labute approximate surface area is 116 Å². The first-order valence-electron chi connectivity index (χ1n) is 5.86. The number of aromatic nitrogens is 1. The molecule has 96 valence electrons.